The third kappa shape index (κ3) is 36.4. The summed E-state index contributed by atoms with van der Waals surface area (Å²) in [6.45, 7) is 28.3. The van der Waals surface area contributed by atoms with Gasteiger partial charge in [0.15, 0.2) is 0 Å². The van der Waals surface area contributed by atoms with Crippen molar-refractivity contribution in [2.75, 3.05) is 26.4 Å². The van der Waals surface area contributed by atoms with Gasteiger partial charge in [-0.05, 0) is 52.0 Å². The molecule has 276 valence electrons. The summed E-state index contributed by atoms with van der Waals surface area (Å²) in [7, 11) is 0. The fraction of sp³-hybridized carbons (Fsp3) is 0.500. The molecule has 0 spiro atoms. The van der Waals surface area contributed by atoms with Crippen molar-refractivity contribution in [1.82, 2.24) is 0 Å². The number of epoxide rings is 1. The molecule has 49 heavy (non-hydrogen) atoms. The quantitative estimate of drug-likeness (QED) is 0.0561. The molecule has 1 fully saturated rings. The zero-order valence-corrected chi connectivity index (χ0v) is 31.1. The van der Waals surface area contributed by atoms with E-state index in [2.05, 4.69) is 92.1 Å². The Kier molecular flexibility index (Phi) is 33.8. The van der Waals surface area contributed by atoms with E-state index in [0.29, 0.717) is 37.6 Å². The number of aliphatic carboxylic acids is 1. The van der Waals surface area contributed by atoms with Gasteiger partial charge < -0.3 is 24.1 Å². The highest BCUT2D eigenvalue weighted by Crippen LogP contribution is 2.17. The Hall–Kier alpha value is -4.24. The maximum Gasteiger partial charge on any atom is 0.333 e. The number of carbonyl (C=O) groups is 4. The van der Waals surface area contributed by atoms with Gasteiger partial charge in [-0.1, -0.05) is 122 Å². The van der Waals surface area contributed by atoms with Gasteiger partial charge in [-0.25, -0.2) is 19.2 Å². The first-order valence-corrected chi connectivity index (χ1v) is 16.9. The molecule has 0 radical (unpaired) electrons. The fourth-order valence-electron chi connectivity index (χ4n) is 3.03. The van der Waals surface area contributed by atoms with Gasteiger partial charge in [0.25, 0.3) is 0 Å². The van der Waals surface area contributed by atoms with Gasteiger partial charge in [0.05, 0.1) is 19.8 Å². The highest BCUT2D eigenvalue weighted by atomic mass is 16.6. The normalized spacial score (nSPS) is 12.6. The molecule has 9 nitrogen and oxygen atoms in total. The van der Waals surface area contributed by atoms with Crippen molar-refractivity contribution < 1.29 is 43.2 Å². The van der Waals surface area contributed by atoms with E-state index in [0.717, 1.165) is 18.8 Å². The van der Waals surface area contributed by atoms with E-state index in [1.54, 1.807) is 20.8 Å². The highest BCUT2D eigenvalue weighted by molar-refractivity contribution is 5.87. The minimum Gasteiger partial charge on any atom is -0.478 e. The van der Waals surface area contributed by atoms with Gasteiger partial charge in [0, 0.05) is 22.8 Å². The minimum atomic E-state index is -0.935. The predicted octanol–water partition coefficient (Wildman–Crippen LogP) is 9.10. The van der Waals surface area contributed by atoms with Crippen LogP contribution in [-0.4, -0.2) is 61.5 Å². The fourth-order valence-corrected chi connectivity index (χ4v) is 3.03. The summed E-state index contributed by atoms with van der Waals surface area (Å²) < 4.78 is 18.8. The van der Waals surface area contributed by atoms with E-state index in [-0.39, 0.29) is 29.6 Å². The maximum atomic E-state index is 10.7. The molecule has 1 aromatic carbocycles. The monoisotopic (exact) mass is 686 g/mol. The van der Waals surface area contributed by atoms with Crippen LogP contribution in [0.5, 0.6) is 0 Å². The van der Waals surface area contributed by atoms with Crippen LogP contribution in [0.2, 0.25) is 0 Å². The lowest BCUT2D eigenvalue weighted by molar-refractivity contribution is -0.140. The van der Waals surface area contributed by atoms with Crippen LogP contribution in [0, 0.1) is 5.92 Å². The molecule has 1 saturated heterocycles. The summed E-state index contributed by atoms with van der Waals surface area (Å²) in [6.07, 6.45) is 14.5. The summed E-state index contributed by atoms with van der Waals surface area (Å²) in [5.41, 5.74) is 2.37. The van der Waals surface area contributed by atoms with Crippen LogP contribution in [0.1, 0.15) is 99.0 Å². The van der Waals surface area contributed by atoms with Crippen LogP contribution in [0.3, 0.4) is 0 Å². The zero-order chi connectivity index (χ0) is 38.0. The van der Waals surface area contributed by atoms with E-state index in [1.807, 2.05) is 6.92 Å². The molecule has 0 aliphatic carbocycles. The van der Waals surface area contributed by atoms with Gasteiger partial charge in [-0.3, -0.25) is 0 Å². The second-order valence-electron chi connectivity index (χ2n) is 11.1. The summed E-state index contributed by atoms with van der Waals surface area (Å²) in [5.74, 6) is -1.04. The van der Waals surface area contributed by atoms with Gasteiger partial charge in [-0.2, -0.15) is 0 Å². The van der Waals surface area contributed by atoms with E-state index >= 15 is 0 Å². The van der Waals surface area contributed by atoms with Crippen LogP contribution in [0.15, 0.2) is 85.5 Å². The average Bonchev–Trinajstić information content (AvgIpc) is 3.91. The Morgan fingerprint density at radius 1 is 0.878 bits per heavy atom. The lowest BCUT2D eigenvalue weighted by atomic mass is 9.95. The molecule has 1 aliphatic heterocycles. The van der Waals surface area contributed by atoms with E-state index < -0.39 is 5.97 Å². The third-order valence-electron chi connectivity index (χ3n) is 6.17. The Labute approximate surface area is 295 Å². The van der Waals surface area contributed by atoms with Crippen molar-refractivity contribution in [2.45, 2.75) is 99.5 Å². The SMILES string of the molecule is C=C(C)C(=O)O.C=C(C)C(=O)OCC.C=C(C)C(=O)OCC1CO1.C=CC(=O)OCCCC.CCCCC(CC)CC=Cc1ccccc1. The first-order valence-electron chi connectivity index (χ1n) is 16.9. The Bertz CT molecular complexity index is 1120. The number of carbonyl (C=O) groups excluding carboxylic acids is 3. The molecule has 2 rings (SSSR count). The molecule has 0 bridgehead atoms. The van der Waals surface area contributed by atoms with Gasteiger partial charge >= 0.3 is 23.9 Å². The molecule has 2 unspecified atom stereocenters. The zero-order valence-electron chi connectivity index (χ0n) is 31.1. The number of unbranched alkanes of at least 4 members (excludes halogenated alkanes) is 2. The molecule has 1 aromatic rings. The van der Waals surface area contributed by atoms with Crippen LogP contribution in [-0.2, 0) is 38.1 Å². The Balaban J connectivity index is -0.000000565. The van der Waals surface area contributed by atoms with Gasteiger partial charge in [0.2, 0.25) is 0 Å². The van der Waals surface area contributed by atoms with E-state index in [4.69, 9.17) is 14.6 Å². The highest BCUT2D eigenvalue weighted by Gasteiger charge is 2.24. The molecule has 1 heterocycles. The Morgan fingerprint density at radius 3 is 1.80 bits per heavy atom. The lowest BCUT2D eigenvalue weighted by Crippen LogP contribution is -2.09. The number of benzene rings is 1. The van der Waals surface area contributed by atoms with Crippen LogP contribution < -0.4 is 0 Å². The molecule has 2 atom stereocenters. The maximum absolute atomic E-state index is 10.7. The van der Waals surface area contributed by atoms with Crippen molar-refractivity contribution >= 4 is 30.0 Å². The molecule has 0 saturated carbocycles. The van der Waals surface area contributed by atoms with Gasteiger partial charge in [0.1, 0.15) is 12.7 Å². The summed E-state index contributed by atoms with van der Waals surface area (Å²) in [5, 5.41) is 7.89. The Morgan fingerprint density at radius 2 is 1.41 bits per heavy atom. The first-order chi connectivity index (χ1) is 23.2. The van der Waals surface area contributed by atoms with Crippen LogP contribution in [0.25, 0.3) is 6.08 Å². The number of rotatable bonds is 17. The van der Waals surface area contributed by atoms with Crippen molar-refractivity contribution in [1.29, 1.82) is 0 Å². The summed E-state index contributed by atoms with van der Waals surface area (Å²) in [6, 6.07) is 10.6. The molecular formula is C40H62O9. The topological polar surface area (TPSA) is 129 Å². The molecule has 0 amide bonds. The second kappa shape index (κ2) is 33.7. The average molecular weight is 687 g/mol. The number of hydrogen-bond donors (Lipinski definition) is 1. The second-order valence-corrected chi connectivity index (χ2v) is 11.1. The lowest BCUT2D eigenvalue weighted by Gasteiger charge is -2.11. The number of allylic oxidation sites excluding steroid dienone is 1. The van der Waals surface area contributed by atoms with Gasteiger partial charge in [-0.15, -0.1) is 0 Å². The number of esters is 3. The number of carboxylic acids is 1. The van der Waals surface area contributed by atoms with Crippen molar-refractivity contribution in [3.63, 3.8) is 0 Å². The van der Waals surface area contributed by atoms with E-state index in [1.165, 1.54) is 50.7 Å². The molecule has 1 aliphatic rings. The van der Waals surface area contributed by atoms with Crippen molar-refractivity contribution in [3.8, 4) is 0 Å². The largest absolute Gasteiger partial charge is 0.478 e. The molecule has 1 N–H and O–H groups in total. The predicted molar refractivity (Wildman–Crippen MR) is 199 cm³/mol. The van der Waals surface area contributed by atoms with Crippen LogP contribution in [0.4, 0.5) is 0 Å². The number of carboxylic acid groups (broad SMARTS) is 1. The number of ether oxygens (including phenoxy) is 4. The van der Waals surface area contributed by atoms with Crippen molar-refractivity contribution in [3.05, 3.63) is 91.1 Å². The first kappa shape index (κ1) is 49.2. The summed E-state index contributed by atoms with van der Waals surface area (Å²) in [4.78, 5) is 41.1. The number of hydrogen-bond acceptors (Lipinski definition) is 8. The minimum absolute atomic E-state index is 0.142. The molecule has 0 aromatic heterocycles. The third-order valence-corrected chi connectivity index (χ3v) is 6.17. The van der Waals surface area contributed by atoms with Crippen LogP contribution >= 0.6 is 0 Å². The smallest absolute Gasteiger partial charge is 0.333 e. The molecule has 9 heteroatoms. The summed E-state index contributed by atoms with van der Waals surface area (Å²) >= 11 is 0. The van der Waals surface area contributed by atoms with E-state index in [9.17, 15) is 19.2 Å². The van der Waals surface area contributed by atoms with Crippen molar-refractivity contribution in [2.24, 2.45) is 5.92 Å². The molecular weight excluding hydrogens is 624 g/mol. The standard InChI is InChI=1S/C16H24.C7H10O3.C7H12O2.C6H10O2.C4H6O2/c1-3-5-10-15(4-2)13-9-14-16-11-7-6-8-12-16;1-5(2)7(8)10-4-6-3-9-6;1-3-5-6-9-7(8)4-2;1-4-8-6(7)5(2)3;1-3(2)4(5)6/h6-9,11-12,14-15H,3-5,10,13H2,1-2H3;6H,1,3-4H2,2H3;4H,2-3,5-6H2,1H3;2,4H2,1,3H3;1H2,2H3,(H,5,6).